The van der Waals surface area contributed by atoms with Gasteiger partial charge in [-0.25, -0.2) is 13.1 Å². The second kappa shape index (κ2) is 5.95. The van der Waals surface area contributed by atoms with E-state index in [-0.39, 0.29) is 11.8 Å². The van der Waals surface area contributed by atoms with Gasteiger partial charge < -0.3 is 4.52 Å². The number of benzene rings is 1. The van der Waals surface area contributed by atoms with Crippen LogP contribution in [0.5, 0.6) is 0 Å². The van der Waals surface area contributed by atoms with Crippen molar-refractivity contribution in [3.63, 3.8) is 0 Å². The average Bonchev–Trinajstić information content (AvgIpc) is 2.73. The summed E-state index contributed by atoms with van der Waals surface area (Å²) in [6, 6.07) is 8.28. The number of aryl methyl sites for hydroxylation is 1. The van der Waals surface area contributed by atoms with Crippen LogP contribution in [0.1, 0.15) is 30.0 Å². The number of hydrogen-bond acceptors (Lipinski definition) is 4. The number of rotatable bonds is 5. The molecule has 1 unspecified atom stereocenters. The highest BCUT2D eigenvalue weighted by atomic mass is 35.5. The molecule has 2 rings (SSSR count). The average molecular weight is 315 g/mol. The summed E-state index contributed by atoms with van der Waals surface area (Å²) in [6.07, 6.45) is 0. The maximum Gasteiger partial charge on any atom is 0.219 e. The molecule has 2 aromatic rings. The Hall–Kier alpha value is -1.37. The van der Waals surface area contributed by atoms with Crippen LogP contribution in [0.2, 0.25) is 5.02 Å². The molecule has 0 radical (unpaired) electrons. The predicted molar refractivity (Wildman–Crippen MR) is 76.9 cm³/mol. The van der Waals surface area contributed by atoms with Crippen molar-refractivity contribution in [3.05, 3.63) is 52.4 Å². The quantitative estimate of drug-likeness (QED) is 0.921. The lowest BCUT2D eigenvalue weighted by atomic mass is 10.1. The van der Waals surface area contributed by atoms with Gasteiger partial charge in [0.2, 0.25) is 10.0 Å². The Kier molecular flexibility index (Phi) is 4.47. The molecule has 0 fully saturated rings. The van der Waals surface area contributed by atoms with E-state index in [4.69, 9.17) is 16.1 Å². The van der Waals surface area contributed by atoms with E-state index in [1.54, 1.807) is 44.2 Å². The lowest BCUT2D eigenvalue weighted by molar-refractivity contribution is 0.388. The normalized spacial score (nSPS) is 13.3. The molecule has 0 saturated carbocycles. The highest BCUT2D eigenvalue weighted by Crippen LogP contribution is 2.17. The molecule has 0 aliphatic heterocycles. The molecule has 0 amide bonds. The van der Waals surface area contributed by atoms with Gasteiger partial charge in [-0.15, -0.1) is 0 Å². The summed E-state index contributed by atoms with van der Waals surface area (Å²) in [6.45, 7) is 3.51. The van der Waals surface area contributed by atoms with Crippen LogP contribution in [0, 0.1) is 6.92 Å². The van der Waals surface area contributed by atoms with E-state index in [1.165, 1.54) is 0 Å². The van der Waals surface area contributed by atoms with Crippen molar-refractivity contribution in [2.75, 3.05) is 0 Å². The van der Waals surface area contributed by atoms with Gasteiger partial charge in [0.15, 0.2) is 5.76 Å². The first-order valence-electron chi connectivity index (χ1n) is 6.03. The molecule has 0 aliphatic rings. The zero-order chi connectivity index (χ0) is 14.8. The van der Waals surface area contributed by atoms with Gasteiger partial charge in [0.1, 0.15) is 5.75 Å². The number of aromatic nitrogens is 1. The van der Waals surface area contributed by atoms with Crippen LogP contribution in [-0.4, -0.2) is 13.6 Å². The van der Waals surface area contributed by atoms with E-state index in [0.717, 1.165) is 5.56 Å². The fourth-order valence-electron chi connectivity index (χ4n) is 1.80. The molecule has 108 valence electrons. The van der Waals surface area contributed by atoms with Gasteiger partial charge in [0, 0.05) is 17.1 Å². The van der Waals surface area contributed by atoms with Crippen LogP contribution in [-0.2, 0) is 15.8 Å². The molecule has 20 heavy (non-hydrogen) atoms. The highest BCUT2D eigenvalue weighted by molar-refractivity contribution is 7.88. The minimum absolute atomic E-state index is 0.230. The van der Waals surface area contributed by atoms with Crippen molar-refractivity contribution in [1.82, 2.24) is 9.88 Å². The van der Waals surface area contributed by atoms with E-state index in [2.05, 4.69) is 9.88 Å². The molecule has 7 heteroatoms. The van der Waals surface area contributed by atoms with E-state index < -0.39 is 10.0 Å². The van der Waals surface area contributed by atoms with E-state index in [0.29, 0.717) is 16.5 Å². The van der Waals surface area contributed by atoms with Crippen molar-refractivity contribution in [2.24, 2.45) is 0 Å². The van der Waals surface area contributed by atoms with Crippen LogP contribution in [0.4, 0.5) is 0 Å². The fourth-order valence-corrected chi connectivity index (χ4v) is 3.20. The topological polar surface area (TPSA) is 72.2 Å². The Bertz CT molecular complexity index is 680. The molecule has 0 aliphatic carbocycles. The molecule has 0 spiro atoms. The van der Waals surface area contributed by atoms with Crippen molar-refractivity contribution < 1.29 is 12.9 Å². The summed E-state index contributed by atoms with van der Waals surface area (Å²) < 4.78 is 31.6. The first-order valence-corrected chi connectivity index (χ1v) is 8.06. The van der Waals surface area contributed by atoms with Gasteiger partial charge in [-0.3, -0.25) is 0 Å². The van der Waals surface area contributed by atoms with E-state index >= 15 is 0 Å². The minimum atomic E-state index is -3.50. The number of nitrogens with zero attached hydrogens (tertiary/aromatic N) is 1. The summed E-state index contributed by atoms with van der Waals surface area (Å²) in [5.41, 5.74) is 1.49. The molecule has 0 bridgehead atoms. The predicted octanol–water partition coefficient (Wildman–Crippen LogP) is 2.82. The van der Waals surface area contributed by atoms with Crippen LogP contribution >= 0.6 is 11.6 Å². The van der Waals surface area contributed by atoms with Crippen molar-refractivity contribution in [2.45, 2.75) is 25.6 Å². The second-order valence-corrected chi connectivity index (χ2v) is 6.78. The SMILES string of the molecule is Cc1cc(CS(=O)(=O)NC(C)c2ccc(Cl)cc2)on1. The van der Waals surface area contributed by atoms with Gasteiger partial charge >= 0.3 is 0 Å². The van der Waals surface area contributed by atoms with Crippen LogP contribution < -0.4 is 4.72 Å². The first-order chi connectivity index (χ1) is 9.35. The lowest BCUT2D eigenvalue weighted by Crippen LogP contribution is -2.28. The lowest BCUT2D eigenvalue weighted by Gasteiger charge is -2.14. The van der Waals surface area contributed by atoms with Crippen molar-refractivity contribution in [3.8, 4) is 0 Å². The van der Waals surface area contributed by atoms with E-state index in [1.807, 2.05) is 0 Å². The molecule has 5 nitrogen and oxygen atoms in total. The van der Waals surface area contributed by atoms with Crippen molar-refractivity contribution >= 4 is 21.6 Å². The zero-order valence-corrected chi connectivity index (χ0v) is 12.7. The molecular weight excluding hydrogens is 300 g/mol. The molecule has 1 N–H and O–H groups in total. The Labute approximate surface area is 123 Å². The number of nitrogens with one attached hydrogen (secondary N) is 1. The van der Waals surface area contributed by atoms with Crippen LogP contribution in [0.15, 0.2) is 34.9 Å². The maximum atomic E-state index is 12.0. The third-order valence-corrected chi connectivity index (χ3v) is 4.36. The van der Waals surface area contributed by atoms with Gasteiger partial charge in [0.25, 0.3) is 0 Å². The smallest absolute Gasteiger partial charge is 0.219 e. The van der Waals surface area contributed by atoms with Crippen LogP contribution in [0.3, 0.4) is 0 Å². The largest absolute Gasteiger partial charge is 0.360 e. The van der Waals surface area contributed by atoms with Crippen LogP contribution in [0.25, 0.3) is 0 Å². The third kappa shape index (κ3) is 4.06. The first kappa shape index (κ1) is 15.0. The molecular formula is C13H15ClN2O3S. The van der Waals surface area contributed by atoms with Gasteiger partial charge in [0.05, 0.1) is 5.69 Å². The Morgan fingerprint density at radius 3 is 2.55 bits per heavy atom. The summed E-state index contributed by atoms with van der Waals surface area (Å²) in [5.74, 6) is 0.0875. The van der Waals surface area contributed by atoms with Gasteiger partial charge in [-0.2, -0.15) is 0 Å². The minimum Gasteiger partial charge on any atom is -0.360 e. The molecule has 1 atom stereocenters. The second-order valence-electron chi connectivity index (χ2n) is 4.58. The standard InChI is InChI=1S/C13H15ClN2O3S/c1-9-7-13(19-15-9)8-20(17,18)16-10(2)11-3-5-12(14)6-4-11/h3-7,10,16H,8H2,1-2H3. The summed E-state index contributed by atoms with van der Waals surface area (Å²) in [7, 11) is -3.50. The zero-order valence-electron chi connectivity index (χ0n) is 11.1. The maximum absolute atomic E-state index is 12.0. The Morgan fingerprint density at radius 1 is 1.35 bits per heavy atom. The molecule has 0 saturated heterocycles. The Morgan fingerprint density at radius 2 is 2.00 bits per heavy atom. The summed E-state index contributed by atoms with van der Waals surface area (Å²) in [4.78, 5) is 0. The number of sulfonamides is 1. The molecule has 1 heterocycles. The monoisotopic (exact) mass is 314 g/mol. The highest BCUT2D eigenvalue weighted by Gasteiger charge is 2.18. The molecule has 1 aromatic heterocycles. The van der Waals surface area contributed by atoms with Crippen molar-refractivity contribution in [1.29, 1.82) is 0 Å². The number of halogens is 1. The van der Waals surface area contributed by atoms with Gasteiger partial charge in [-0.1, -0.05) is 28.9 Å². The van der Waals surface area contributed by atoms with E-state index in [9.17, 15) is 8.42 Å². The fraction of sp³-hybridized carbons (Fsp3) is 0.308. The summed E-state index contributed by atoms with van der Waals surface area (Å²) >= 11 is 5.80. The van der Waals surface area contributed by atoms with Gasteiger partial charge in [-0.05, 0) is 31.5 Å². The Balaban J connectivity index is 2.05. The molecule has 1 aromatic carbocycles. The number of hydrogen-bond donors (Lipinski definition) is 1. The third-order valence-electron chi connectivity index (χ3n) is 2.74. The summed E-state index contributed by atoms with van der Waals surface area (Å²) in [5, 5.41) is 4.28.